The second kappa shape index (κ2) is 16.3. The molecule has 0 spiro atoms. The zero-order valence-electron chi connectivity index (χ0n) is 4.38. The van der Waals surface area contributed by atoms with E-state index in [-0.39, 0.29) is 0 Å². The first-order valence-electron chi connectivity index (χ1n) is 1.45. The first kappa shape index (κ1) is 16.9. The fourth-order valence-electron chi connectivity index (χ4n) is 0. The van der Waals surface area contributed by atoms with E-state index >= 15 is 0 Å². The molecule has 0 aromatic rings. The molecule has 0 unspecified atom stereocenters. The van der Waals surface area contributed by atoms with E-state index in [9.17, 15) is 0 Å². The minimum absolute atomic E-state index is 0.417. The topological polar surface area (TPSA) is 57.5 Å². The molecule has 0 heterocycles. The maximum atomic E-state index is 8.19. The molecule has 10 heavy (non-hydrogen) atoms. The molecule has 8 heteroatoms. The average Bonchev–Trinajstić information content (AvgIpc) is 1.66. The Morgan fingerprint density at radius 3 is 1.10 bits per heavy atom. The second-order valence-corrected chi connectivity index (χ2v) is 2.60. The van der Waals surface area contributed by atoms with Gasteiger partial charge in [-0.25, -0.2) is 0 Å². The van der Waals surface area contributed by atoms with E-state index in [1.165, 1.54) is 0 Å². The summed E-state index contributed by atoms with van der Waals surface area (Å²) in [4.78, 5) is 0. The molecular weight excluding hydrogens is 251 g/mol. The average molecular weight is 253 g/mol. The van der Waals surface area contributed by atoms with Crippen molar-refractivity contribution in [3.63, 3.8) is 0 Å². The molecule has 0 bridgehead atoms. The van der Waals surface area contributed by atoms with Crippen LogP contribution in [-0.2, 0) is 46.3 Å². The van der Waals surface area contributed by atoms with Crippen molar-refractivity contribution in [2.75, 3.05) is 0 Å². The van der Waals surface area contributed by atoms with Crippen LogP contribution in [-0.4, -0.2) is 19.0 Å². The van der Waals surface area contributed by atoms with E-state index in [4.69, 9.17) is 13.9 Å². The number of thiocarbonyl (C=S) groups is 2. The summed E-state index contributed by atoms with van der Waals surface area (Å²) in [6.45, 7) is 0. The summed E-state index contributed by atoms with van der Waals surface area (Å²) >= 11 is 16.7. The van der Waals surface area contributed by atoms with Crippen molar-refractivity contribution in [3.05, 3.63) is 0 Å². The SMILES string of the molecule is OC(=S)[S-].OC(=S)[S-].[O]=[V+2]. The molecule has 0 radical (unpaired) electrons. The van der Waals surface area contributed by atoms with E-state index in [1.54, 1.807) is 0 Å². The van der Waals surface area contributed by atoms with Gasteiger partial charge < -0.3 is 59.9 Å². The van der Waals surface area contributed by atoms with E-state index in [0.29, 0.717) is 0 Å². The van der Waals surface area contributed by atoms with Gasteiger partial charge in [0.05, 0.1) is 0 Å². The van der Waals surface area contributed by atoms with Crippen LogP contribution in [0.15, 0.2) is 0 Å². The molecule has 0 rings (SSSR count). The third-order valence-corrected chi connectivity index (χ3v) is 0. The molecule has 0 fully saturated rings. The summed E-state index contributed by atoms with van der Waals surface area (Å²) in [6, 6.07) is 0. The molecule has 57 valence electrons. The van der Waals surface area contributed by atoms with Gasteiger partial charge >= 0.3 is 21.0 Å². The van der Waals surface area contributed by atoms with Gasteiger partial charge in [-0.2, -0.15) is 0 Å². The Kier molecular flexibility index (Phi) is 27.6. The van der Waals surface area contributed by atoms with Crippen molar-refractivity contribution in [3.8, 4) is 0 Å². The van der Waals surface area contributed by atoms with Crippen LogP contribution in [0.2, 0.25) is 0 Å². The summed E-state index contributed by atoms with van der Waals surface area (Å²) < 4.78 is 7.35. The molecule has 0 saturated carbocycles. The van der Waals surface area contributed by atoms with Crippen LogP contribution in [0.3, 0.4) is 0 Å². The van der Waals surface area contributed by atoms with Gasteiger partial charge in [0.1, 0.15) is 0 Å². The summed E-state index contributed by atoms with van der Waals surface area (Å²) in [6.07, 6.45) is 0. The summed E-state index contributed by atoms with van der Waals surface area (Å²) in [5, 5.41) is 15.2. The van der Waals surface area contributed by atoms with E-state index in [2.05, 4.69) is 49.7 Å². The first-order valence-corrected chi connectivity index (χ1v) is 3.65. The fraction of sp³-hybridized carbons (Fsp3) is 0. The summed E-state index contributed by atoms with van der Waals surface area (Å²) in [5.41, 5.74) is 0. The Morgan fingerprint density at radius 2 is 1.10 bits per heavy atom. The predicted octanol–water partition coefficient (Wildman–Crippen LogP) is 0.631. The van der Waals surface area contributed by atoms with Crippen molar-refractivity contribution < 1.29 is 31.3 Å². The van der Waals surface area contributed by atoms with E-state index < -0.39 is 8.77 Å². The van der Waals surface area contributed by atoms with Crippen LogP contribution in [0.25, 0.3) is 0 Å². The Labute approximate surface area is 89.2 Å². The molecule has 0 aromatic heterocycles. The third kappa shape index (κ3) is 1360. The Hall–Kier alpha value is 0.604. The molecule has 0 amide bonds. The van der Waals surface area contributed by atoms with E-state index in [0.717, 1.165) is 17.4 Å². The first-order chi connectivity index (χ1) is 4.46. The maximum absolute atomic E-state index is 8.19. The van der Waals surface area contributed by atoms with Gasteiger partial charge in [-0.3, -0.25) is 0 Å². The van der Waals surface area contributed by atoms with Gasteiger partial charge in [-0.15, -0.1) is 0 Å². The number of aliphatic hydroxyl groups excluding tert-OH is 2. The fourth-order valence-corrected chi connectivity index (χ4v) is 0. The normalized spacial score (nSPS) is 5.40. The zero-order valence-corrected chi connectivity index (χ0v) is 9.05. The third-order valence-electron chi connectivity index (χ3n) is 0. The van der Waals surface area contributed by atoms with Gasteiger partial charge in [0, 0.05) is 8.77 Å². The Balaban J connectivity index is -0.0000000787. The van der Waals surface area contributed by atoms with Gasteiger partial charge in [0.2, 0.25) is 0 Å². The molecule has 0 aliphatic carbocycles. The second-order valence-electron chi connectivity index (χ2n) is 0.532. The zero-order chi connectivity index (χ0) is 9.15. The summed E-state index contributed by atoms with van der Waals surface area (Å²) in [7, 11) is 0. The molecule has 0 saturated heterocycles. The number of hydrogen-bond donors (Lipinski definition) is 2. The van der Waals surface area contributed by atoms with Gasteiger partial charge in [0.25, 0.3) is 0 Å². The van der Waals surface area contributed by atoms with Crippen molar-refractivity contribution >= 4 is 58.5 Å². The van der Waals surface area contributed by atoms with Crippen LogP contribution < -0.4 is 0 Å². The monoisotopic (exact) mass is 253 g/mol. The van der Waals surface area contributed by atoms with Crippen LogP contribution in [0.1, 0.15) is 0 Å². The van der Waals surface area contributed by atoms with Gasteiger partial charge in [0.15, 0.2) is 0 Å². The molecule has 0 aromatic carbocycles. The number of aliphatic hydroxyl groups is 2. The number of hydrogen-bond acceptors (Lipinski definition) is 5. The van der Waals surface area contributed by atoms with Crippen molar-refractivity contribution in [2.24, 2.45) is 0 Å². The Bertz CT molecular complexity index is 86.7. The van der Waals surface area contributed by atoms with Gasteiger partial charge in [-0.1, -0.05) is 0 Å². The molecule has 0 aliphatic rings. The number of rotatable bonds is 0. The quantitative estimate of drug-likeness (QED) is 0.485. The summed E-state index contributed by atoms with van der Waals surface area (Å²) in [5.74, 6) is 0. The van der Waals surface area contributed by atoms with E-state index in [1.807, 2.05) is 0 Å². The van der Waals surface area contributed by atoms with Crippen molar-refractivity contribution in [2.45, 2.75) is 0 Å². The molecule has 0 atom stereocenters. The predicted molar refractivity (Wildman–Crippen MR) is 45.9 cm³/mol. The van der Waals surface area contributed by atoms with Crippen molar-refractivity contribution in [1.29, 1.82) is 0 Å². The van der Waals surface area contributed by atoms with Crippen LogP contribution in [0.5, 0.6) is 0 Å². The molecule has 2 N–H and O–H groups in total. The molecule has 0 aliphatic heterocycles. The van der Waals surface area contributed by atoms with Crippen LogP contribution in [0.4, 0.5) is 0 Å². The standard InChI is InChI=1S/2CH2OS2.O.V/c2*2-1(3)4;;/h2*(H2,2,3,4);;/q;;;+2/p-2. The molecule has 3 nitrogen and oxygen atoms in total. The van der Waals surface area contributed by atoms with Crippen LogP contribution >= 0.6 is 24.4 Å². The van der Waals surface area contributed by atoms with Crippen LogP contribution in [0, 0.1) is 0 Å². The minimum atomic E-state index is -0.417. The van der Waals surface area contributed by atoms with Gasteiger partial charge in [-0.05, 0) is 0 Å². The van der Waals surface area contributed by atoms with Crippen molar-refractivity contribution in [1.82, 2.24) is 0 Å². The molecular formula is C2H2O3S4V. The Morgan fingerprint density at radius 1 is 1.10 bits per heavy atom.